The molecule has 2 rings (SSSR count). The Kier molecular flexibility index (Phi) is 5.54. The molecule has 1 aliphatic rings. The third-order valence-electron chi connectivity index (χ3n) is 3.80. The minimum Gasteiger partial charge on any atom is -0.392 e. The van der Waals surface area contributed by atoms with Gasteiger partial charge in [0.05, 0.1) is 11.0 Å². The molecule has 1 unspecified atom stereocenters. The lowest BCUT2D eigenvalue weighted by molar-refractivity contribution is 0.0932. The molecular weight excluding hydrogens is 336 g/mol. The summed E-state index contributed by atoms with van der Waals surface area (Å²) in [6.07, 6.45) is 5.81. The van der Waals surface area contributed by atoms with E-state index in [1.807, 2.05) is 12.1 Å². The van der Waals surface area contributed by atoms with Crippen LogP contribution in [0.1, 0.15) is 42.5 Å². The van der Waals surface area contributed by atoms with Gasteiger partial charge in [-0.15, -0.1) is 0 Å². The number of carbonyl (C=O) groups excluding carboxylic acids is 1. The second kappa shape index (κ2) is 7.18. The summed E-state index contributed by atoms with van der Waals surface area (Å²) in [5.41, 5.74) is 6.45. The van der Waals surface area contributed by atoms with Crippen molar-refractivity contribution in [2.75, 3.05) is 0 Å². The predicted molar refractivity (Wildman–Crippen MR) is 88.8 cm³/mol. The molecular formula is C15H19BrN2OS. The molecule has 0 radical (unpaired) electrons. The molecule has 1 aliphatic carbocycles. The molecule has 1 atom stereocenters. The van der Waals surface area contributed by atoms with Crippen LogP contribution in [0.2, 0.25) is 0 Å². The molecule has 1 amide bonds. The van der Waals surface area contributed by atoms with Gasteiger partial charge >= 0.3 is 0 Å². The van der Waals surface area contributed by atoms with Gasteiger partial charge in [0.15, 0.2) is 0 Å². The van der Waals surface area contributed by atoms with Gasteiger partial charge in [0, 0.05) is 10.0 Å². The summed E-state index contributed by atoms with van der Waals surface area (Å²) in [5.74, 6) is 0.257. The van der Waals surface area contributed by atoms with Crippen molar-refractivity contribution in [1.29, 1.82) is 0 Å². The van der Waals surface area contributed by atoms with Gasteiger partial charge in [-0.05, 0) is 37.0 Å². The number of nitrogens with one attached hydrogen (secondary N) is 1. The smallest absolute Gasteiger partial charge is 0.251 e. The predicted octanol–water partition coefficient (Wildman–Crippen LogP) is 3.41. The summed E-state index contributed by atoms with van der Waals surface area (Å²) in [6.45, 7) is 0. The lowest BCUT2D eigenvalue weighted by Crippen LogP contribution is -2.48. The van der Waals surface area contributed by atoms with Crippen LogP contribution in [-0.2, 0) is 0 Å². The van der Waals surface area contributed by atoms with Crippen LogP contribution in [0.4, 0.5) is 0 Å². The van der Waals surface area contributed by atoms with E-state index in [9.17, 15) is 4.79 Å². The largest absolute Gasteiger partial charge is 0.392 e. The van der Waals surface area contributed by atoms with Crippen molar-refractivity contribution < 1.29 is 4.79 Å². The number of rotatable bonds is 4. The Bertz CT molecular complexity index is 500. The molecule has 0 aromatic heterocycles. The van der Waals surface area contributed by atoms with Crippen molar-refractivity contribution in [2.45, 2.75) is 38.1 Å². The highest BCUT2D eigenvalue weighted by Gasteiger charge is 2.27. The SMILES string of the molecule is NC(=S)C(NC(=O)c1cccc(Br)c1)C1CCCCC1. The minimum atomic E-state index is -0.197. The fourth-order valence-corrected chi connectivity index (χ4v) is 3.39. The summed E-state index contributed by atoms with van der Waals surface area (Å²) in [7, 11) is 0. The van der Waals surface area contributed by atoms with E-state index in [2.05, 4.69) is 21.2 Å². The molecule has 108 valence electrons. The van der Waals surface area contributed by atoms with E-state index in [-0.39, 0.29) is 11.9 Å². The summed E-state index contributed by atoms with van der Waals surface area (Å²) in [6, 6.07) is 7.12. The van der Waals surface area contributed by atoms with E-state index in [1.165, 1.54) is 19.3 Å². The second-order valence-electron chi connectivity index (χ2n) is 5.26. The Labute approximate surface area is 133 Å². The van der Waals surface area contributed by atoms with Crippen molar-refractivity contribution in [1.82, 2.24) is 5.32 Å². The number of nitrogens with two attached hydrogens (primary N) is 1. The molecule has 3 nitrogen and oxygen atoms in total. The van der Waals surface area contributed by atoms with Crippen molar-refractivity contribution >= 4 is 39.0 Å². The van der Waals surface area contributed by atoms with Crippen molar-refractivity contribution in [3.05, 3.63) is 34.3 Å². The van der Waals surface area contributed by atoms with Crippen LogP contribution in [0.5, 0.6) is 0 Å². The summed E-state index contributed by atoms with van der Waals surface area (Å²) < 4.78 is 0.884. The average molecular weight is 355 g/mol. The summed E-state index contributed by atoms with van der Waals surface area (Å²) >= 11 is 8.52. The Balaban J connectivity index is 2.07. The summed E-state index contributed by atoms with van der Waals surface area (Å²) in [5, 5.41) is 3.00. The van der Waals surface area contributed by atoms with E-state index in [0.717, 1.165) is 17.3 Å². The Morgan fingerprint density at radius 3 is 2.65 bits per heavy atom. The summed E-state index contributed by atoms with van der Waals surface area (Å²) in [4.78, 5) is 12.7. The third kappa shape index (κ3) is 4.03. The van der Waals surface area contributed by atoms with Gasteiger partial charge < -0.3 is 11.1 Å². The van der Waals surface area contributed by atoms with Crippen molar-refractivity contribution in [2.24, 2.45) is 11.7 Å². The van der Waals surface area contributed by atoms with Gasteiger partial charge in [-0.1, -0.05) is 53.5 Å². The van der Waals surface area contributed by atoms with Crippen LogP contribution in [0.15, 0.2) is 28.7 Å². The van der Waals surface area contributed by atoms with E-state index < -0.39 is 0 Å². The van der Waals surface area contributed by atoms with Gasteiger partial charge in [-0.25, -0.2) is 0 Å². The van der Waals surface area contributed by atoms with Gasteiger partial charge in [0.2, 0.25) is 0 Å². The first-order valence-corrected chi connectivity index (χ1v) is 8.14. The first-order valence-electron chi connectivity index (χ1n) is 6.93. The lowest BCUT2D eigenvalue weighted by atomic mass is 9.83. The normalized spacial score (nSPS) is 17.4. The van der Waals surface area contributed by atoms with E-state index in [4.69, 9.17) is 18.0 Å². The highest BCUT2D eigenvalue weighted by Crippen LogP contribution is 2.27. The maximum Gasteiger partial charge on any atom is 0.251 e. The van der Waals surface area contributed by atoms with Crippen LogP contribution < -0.4 is 11.1 Å². The molecule has 20 heavy (non-hydrogen) atoms. The molecule has 1 aromatic rings. The number of hydrogen-bond donors (Lipinski definition) is 2. The Morgan fingerprint density at radius 2 is 2.05 bits per heavy atom. The lowest BCUT2D eigenvalue weighted by Gasteiger charge is -2.30. The molecule has 5 heteroatoms. The molecule has 0 saturated heterocycles. The monoisotopic (exact) mass is 354 g/mol. The van der Waals surface area contributed by atoms with Crippen molar-refractivity contribution in [3.8, 4) is 0 Å². The number of halogens is 1. The van der Waals surface area contributed by atoms with Crippen molar-refractivity contribution in [3.63, 3.8) is 0 Å². The zero-order valence-corrected chi connectivity index (χ0v) is 13.7. The fourth-order valence-electron chi connectivity index (χ4n) is 2.74. The van der Waals surface area contributed by atoms with Crippen LogP contribution in [0, 0.1) is 5.92 Å². The first-order chi connectivity index (χ1) is 9.58. The maximum atomic E-state index is 12.3. The van der Waals surface area contributed by atoms with Gasteiger partial charge in [0.1, 0.15) is 0 Å². The average Bonchev–Trinajstić information content (AvgIpc) is 2.45. The Hall–Kier alpha value is -0.940. The number of amides is 1. The van der Waals surface area contributed by atoms with Gasteiger partial charge in [-0.3, -0.25) is 4.79 Å². The standard InChI is InChI=1S/C15H19BrN2OS/c16-12-8-4-7-11(9-12)15(19)18-13(14(17)20)10-5-2-1-3-6-10/h4,7-10,13H,1-3,5-6H2,(H2,17,20)(H,18,19). The highest BCUT2D eigenvalue weighted by molar-refractivity contribution is 9.10. The number of hydrogen-bond acceptors (Lipinski definition) is 2. The Morgan fingerprint density at radius 1 is 1.35 bits per heavy atom. The zero-order valence-electron chi connectivity index (χ0n) is 11.3. The van der Waals surface area contributed by atoms with Crippen LogP contribution in [-0.4, -0.2) is 16.9 Å². The number of benzene rings is 1. The zero-order chi connectivity index (χ0) is 14.5. The molecule has 1 saturated carbocycles. The second-order valence-corrected chi connectivity index (χ2v) is 6.65. The van der Waals surface area contributed by atoms with Crippen LogP contribution >= 0.6 is 28.1 Å². The van der Waals surface area contributed by atoms with Crippen LogP contribution in [0.25, 0.3) is 0 Å². The van der Waals surface area contributed by atoms with Gasteiger partial charge in [-0.2, -0.15) is 0 Å². The first kappa shape index (κ1) is 15.4. The van der Waals surface area contributed by atoms with E-state index in [1.54, 1.807) is 12.1 Å². The molecule has 0 aliphatic heterocycles. The number of carbonyl (C=O) groups is 1. The molecule has 0 spiro atoms. The number of thiocarbonyl (C=S) groups is 1. The fraction of sp³-hybridized carbons (Fsp3) is 0.467. The van der Waals surface area contributed by atoms with Gasteiger partial charge in [0.25, 0.3) is 5.91 Å². The maximum absolute atomic E-state index is 12.3. The quantitative estimate of drug-likeness (QED) is 0.814. The molecule has 0 bridgehead atoms. The minimum absolute atomic E-state index is 0.116. The van der Waals surface area contributed by atoms with Crippen LogP contribution in [0.3, 0.4) is 0 Å². The van der Waals surface area contributed by atoms with E-state index in [0.29, 0.717) is 16.5 Å². The molecule has 3 N–H and O–H groups in total. The topological polar surface area (TPSA) is 55.1 Å². The molecule has 1 fully saturated rings. The third-order valence-corrected chi connectivity index (χ3v) is 4.55. The molecule has 0 heterocycles. The molecule has 1 aromatic carbocycles. The van der Waals surface area contributed by atoms with E-state index >= 15 is 0 Å². The highest BCUT2D eigenvalue weighted by atomic mass is 79.9.